The van der Waals surface area contributed by atoms with Crippen molar-refractivity contribution in [3.63, 3.8) is 0 Å². The van der Waals surface area contributed by atoms with E-state index < -0.39 is 0 Å². The molecule has 1 saturated heterocycles. The SMILES string of the molecule is COc1ccc(N2CC(CCl)CC2=O)cn1. The van der Waals surface area contributed by atoms with Gasteiger partial charge in [-0.15, -0.1) is 11.6 Å². The third-order valence-corrected chi connectivity index (χ3v) is 3.10. The van der Waals surface area contributed by atoms with Gasteiger partial charge in [-0.2, -0.15) is 0 Å². The van der Waals surface area contributed by atoms with Crippen molar-refractivity contribution in [3.05, 3.63) is 18.3 Å². The largest absolute Gasteiger partial charge is 0.481 e. The summed E-state index contributed by atoms with van der Waals surface area (Å²) in [4.78, 5) is 17.5. The highest BCUT2D eigenvalue weighted by molar-refractivity contribution is 6.18. The average Bonchev–Trinajstić information content (AvgIpc) is 2.71. The number of alkyl halides is 1. The molecule has 1 aliphatic heterocycles. The van der Waals surface area contributed by atoms with E-state index in [4.69, 9.17) is 16.3 Å². The Labute approximate surface area is 99.2 Å². The minimum Gasteiger partial charge on any atom is -0.481 e. The smallest absolute Gasteiger partial charge is 0.227 e. The molecule has 0 N–H and O–H groups in total. The second-order valence-electron chi connectivity index (χ2n) is 3.79. The molecule has 86 valence electrons. The Kier molecular flexibility index (Phi) is 3.29. The van der Waals surface area contributed by atoms with E-state index in [0.29, 0.717) is 24.7 Å². The van der Waals surface area contributed by atoms with Crippen LogP contribution in [-0.4, -0.2) is 30.4 Å². The van der Waals surface area contributed by atoms with Crippen molar-refractivity contribution in [1.29, 1.82) is 0 Å². The molecule has 0 aliphatic carbocycles. The van der Waals surface area contributed by atoms with Crippen LogP contribution < -0.4 is 9.64 Å². The molecule has 1 aliphatic rings. The third-order valence-electron chi connectivity index (χ3n) is 2.66. The number of aromatic nitrogens is 1. The number of nitrogens with zero attached hydrogens (tertiary/aromatic N) is 2. The van der Waals surface area contributed by atoms with Crippen LogP contribution >= 0.6 is 11.6 Å². The van der Waals surface area contributed by atoms with Crippen LogP contribution in [-0.2, 0) is 4.79 Å². The molecular weight excluding hydrogens is 228 g/mol. The predicted molar refractivity (Wildman–Crippen MR) is 62.0 cm³/mol. The lowest BCUT2D eigenvalue weighted by Gasteiger charge is -2.15. The van der Waals surface area contributed by atoms with Crippen molar-refractivity contribution in [2.75, 3.05) is 24.4 Å². The number of pyridine rings is 1. The molecule has 1 aromatic heterocycles. The Hall–Kier alpha value is -1.29. The van der Waals surface area contributed by atoms with Crippen LogP contribution in [0, 0.1) is 5.92 Å². The van der Waals surface area contributed by atoms with Crippen LogP contribution in [0.4, 0.5) is 5.69 Å². The van der Waals surface area contributed by atoms with Gasteiger partial charge in [-0.05, 0) is 12.0 Å². The molecular formula is C11H13ClN2O2. The first kappa shape index (κ1) is 11.2. The summed E-state index contributed by atoms with van der Waals surface area (Å²) in [5.41, 5.74) is 0.804. The summed E-state index contributed by atoms with van der Waals surface area (Å²) in [7, 11) is 1.56. The van der Waals surface area contributed by atoms with E-state index in [-0.39, 0.29) is 11.8 Å². The van der Waals surface area contributed by atoms with Crippen LogP contribution in [0.1, 0.15) is 6.42 Å². The summed E-state index contributed by atoms with van der Waals surface area (Å²) in [6.07, 6.45) is 2.17. The zero-order valence-corrected chi connectivity index (χ0v) is 9.78. The highest BCUT2D eigenvalue weighted by Crippen LogP contribution is 2.25. The topological polar surface area (TPSA) is 42.4 Å². The third kappa shape index (κ3) is 2.11. The Morgan fingerprint density at radius 3 is 2.94 bits per heavy atom. The molecule has 1 amide bonds. The summed E-state index contributed by atoms with van der Waals surface area (Å²) >= 11 is 5.76. The number of amides is 1. The molecule has 4 nitrogen and oxygen atoms in total. The number of hydrogen-bond acceptors (Lipinski definition) is 3. The number of carbonyl (C=O) groups excluding carboxylic acids is 1. The van der Waals surface area contributed by atoms with Crippen molar-refractivity contribution < 1.29 is 9.53 Å². The van der Waals surface area contributed by atoms with Gasteiger partial charge in [-0.1, -0.05) is 0 Å². The fraction of sp³-hybridized carbons (Fsp3) is 0.455. The Bertz CT molecular complexity index is 380. The van der Waals surface area contributed by atoms with E-state index in [9.17, 15) is 4.79 Å². The number of methoxy groups -OCH3 is 1. The van der Waals surface area contributed by atoms with E-state index in [0.717, 1.165) is 5.69 Å². The van der Waals surface area contributed by atoms with Crippen LogP contribution in [0.2, 0.25) is 0 Å². The minimum atomic E-state index is 0.109. The van der Waals surface area contributed by atoms with Crippen LogP contribution in [0.15, 0.2) is 18.3 Å². The van der Waals surface area contributed by atoms with Crippen LogP contribution in [0.25, 0.3) is 0 Å². The number of rotatable bonds is 3. The lowest BCUT2D eigenvalue weighted by molar-refractivity contribution is -0.117. The van der Waals surface area contributed by atoms with Gasteiger partial charge in [0.05, 0.1) is 19.0 Å². The molecule has 1 unspecified atom stereocenters. The standard InChI is InChI=1S/C11H13ClN2O2/c1-16-10-3-2-9(6-13-10)14-7-8(5-12)4-11(14)15/h2-3,6,8H,4-5,7H2,1H3. The molecule has 16 heavy (non-hydrogen) atoms. The first-order chi connectivity index (χ1) is 7.74. The van der Waals surface area contributed by atoms with Crippen LogP contribution in [0.3, 0.4) is 0 Å². The van der Waals surface area contributed by atoms with Crippen molar-refractivity contribution in [3.8, 4) is 5.88 Å². The zero-order chi connectivity index (χ0) is 11.5. The lowest BCUT2D eigenvalue weighted by atomic mass is 10.1. The van der Waals surface area contributed by atoms with E-state index in [2.05, 4.69) is 4.98 Å². The van der Waals surface area contributed by atoms with Gasteiger partial charge in [-0.3, -0.25) is 4.79 Å². The van der Waals surface area contributed by atoms with Gasteiger partial charge in [0.1, 0.15) is 0 Å². The van der Waals surface area contributed by atoms with Crippen molar-refractivity contribution >= 4 is 23.2 Å². The van der Waals surface area contributed by atoms with Gasteiger partial charge < -0.3 is 9.64 Å². The first-order valence-corrected chi connectivity index (χ1v) is 5.64. The highest BCUT2D eigenvalue weighted by atomic mass is 35.5. The van der Waals surface area contributed by atoms with Gasteiger partial charge in [-0.25, -0.2) is 4.98 Å². The summed E-state index contributed by atoms with van der Waals surface area (Å²) < 4.78 is 4.97. The summed E-state index contributed by atoms with van der Waals surface area (Å²) in [6.45, 7) is 0.677. The maximum absolute atomic E-state index is 11.7. The number of anilines is 1. The Morgan fingerprint density at radius 2 is 2.44 bits per heavy atom. The van der Waals surface area contributed by atoms with Gasteiger partial charge in [0, 0.05) is 24.9 Å². The lowest BCUT2D eigenvalue weighted by Crippen LogP contribution is -2.24. The Morgan fingerprint density at radius 1 is 1.62 bits per heavy atom. The summed E-state index contributed by atoms with van der Waals surface area (Å²) in [6, 6.07) is 3.58. The molecule has 5 heteroatoms. The minimum absolute atomic E-state index is 0.109. The van der Waals surface area contributed by atoms with Crippen molar-refractivity contribution in [2.24, 2.45) is 5.92 Å². The van der Waals surface area contributed by atoms with Gasteiger partial charge >= 0.3 is 0 Å². The first-order valence-electron chi connectivity index (χ1n) is 5.11. The second-order valence-corrected chi connectivity index (χ2v) is 4.10. The average molecular weight is 241 g/mol. The van der Waals surface area contributed by atoms with Gasteiger partial charge in [0.25, 0.3) is 0 Å². The molecule has 0 aromatic carbocycles. The van der Waals surface area contributed by atoms with Gasteiger partial charge in [0.15, 0.2) is 0 Å². The number of halogens is 1. The quantitative estimate of drug-likeness (QED) is 0.755. The monoisotopic (exact) mass is 240 g/mol. The van der Waals surface area contributed by atoms with Gasteiger partial charge in [0.2, 0.25) is 11.8 Å². The number of hydrogen-bond donors (Lipinski definition) is 0. The van der Waals surface area contributed by atoms with E-state index in [1.807, 2.05) is 6.07 Å². The molecule has 0 radical (unpaired) electrons. The molecule has 2 rings (SSSR count). The van der Waals surface area contributed by atoms with E-state index in [1.165, 1.54) is 0 Å². The fourth-order valence-electron chi connectivity index (χ4n) is 1.79. The molecule has 0 bridgehead atoms. The molecule has 1 aromatic rings. The number of carbonyl (C=O) groups is 1. The molecule has 1 atom stereocenters. The summed E-state index contributed by atoms with van der Waals surface area (Å²) in [5, 5.41) is 0. The predicted octanol–water partition coefficient (Wildman–Crippen LogP) is 1.68. The molecule has 2 heterocycles. The molecule has 0 saturated carbocycles. The highest BCUT2D eigenvalue weighted by Gasteiger charge is 2.29. The van der Waals surface area contributed by atoms with E-state index >= 15 is 0 Å². The molecule has 0 spiro atoms. The van der Waals surface area contributed by atoms with Crippen molar-refractivity contribution in [2.45, 2.75) is 6.42 Å². The van der Waals surface area contributed by atoms with E-state index in [1.54, 1.807) is 24.3 Å². The van der Waals surface area contributed by atoms with Crippen molar-refractivity contribution in [1.82, 2.24) is 4.98 Å². The maximum Gasteiger partial charge on any atom is 0.227 e. The van der Waals surface area contributed by atoms with Crippen LogP contribution in [0.5, 0.6) is 5.88 Å². The number of ether oxygens (including phenoxy) is 1. The molecule has 1 fully saturated rings. The summed E-state index contributed by atoms with van der Waals surface area (Å²) in [5.74, 6) is 1.42. The second kappa shape index (κ2) is 4.70. The maximum atomic E-state index is 11.7. The normalized spacial score (nSPS) is 20.2. The zero-order valence-electron chi connectivity index (χ0n) is 9.02. The Balaban J connectivity index is 2.15. The fourth-order valence-corrected chi connectivity index (χ4v) is 1.99.